The highest BCUT2D eigenvalue weighted by Gasteiger charge is 2.11. The third-order valence-corrected chi connectivity index (χ3v) is 5.22. The molecule has 2 heteroatoms. The Morgan fingerprint density at radius 1 is 0.433 bits per heavy atom. The Labute approximate surface area is 177 Å². The summed E-state index contributed by atoms with van der Waals surface area (Å²) in [4.78, 5) is 2.27. The van der Waals surface area contributed by atoms with Gasteiger partial charge in [-0.1, -0.05) is 72.8 Å². The number of anilines is 5. The fourth-order valence-electron chi connectivity index (χ4n) is 3.79. The van der Waals surface area contributed by atoms with Crippen LogP contribution in [0.1, 0.15) is 0 Å². The van der Waals surface area contributed by atoms with Gasteiger partial charge in [0.1, 0.15) is 0 Å². The van der Waals surface area contributed by atoms with Crippen LogP contribution in [0.2, 0.25) is 0 Å². The second kappa shape index (κ2) is 8.14. The van der Waals surface area contributed by atoms with Gasteiger partial charge in [0.05, 0.1) is 0 Å². The van der Waals surface area contributed by atoms with Crippen molar-refractivity contribution in [3.05, 3.63) is 127 Å². The molecule has 0 spiro atoms. The van der Waals surface area contributed by atoms with Crippen LogP contribution in [0.15, 0.2) is 127 Å². The lowest BCUT2D eigenvalue weighted by molar-refractivity contribution is 1.28. The lowest BCUT2D eigenvalue weighted by Crippen LogP contribution is -2.09. The Hall–Kier alpha value is -4.04. The molecule has 5 aromatic carbocycles. The van der Waals surface area contributed by atoms with Crippen molar-refractivity contribution in [2.75, 3.05) is 10.2 Å². The molecular weight excluding hydrogens is 364 g/mol. The second-order valence-corrected chi connectivity index (χ2v) is 7.21. The number of benzene rings is 5. The normalized spacial score (nSPS) is 10.7. The van der Waals surface area contributed by atoms with Gasteiger partial charge in [0.15, 0.2) is 0 Å². The Balaban J connectivity index is 1.48. The number of rotatable bonds is 5. The first-order valence-electron chi connectivity index (χ1n) is 10.1. The van der Waals surface area contributed by atoms with E-state index in [1.165, 1.54) is 10.8 Å². The average Bonchev–Trinajstić information content (AvgIpc) is 2.82. The minimum atomic E-state index is 1.07. The molecule has 30 heavy (non-hydrogen) atoms. The van der Waals surface area contributed by atoms with E-state index in [9.17, 15) is 0 Å². The number of hydrogen-bond donors (Lipinski definition) is 1. The van der Waals surface area contributed by atoms with Crippen LogP contribution < -0.4 is 10.2 Å². The van der Waals surface area contributed by atoms with E-state index in [4.69, 9.17) is 0 Å². The van der Waals surface area contributed by atoms with Crippen LogP contribution in [0.5, 0.6) is 0 Å². The molecule has 0 aliphatic carbocycles. The molecule has 0 heterocycles. The van der Waals surface area contributed by atoms with Crippen molar-refractivity contribution in [1.29, 1.82) is 0 Å². The molecule has 0 fully saturated rings. The maximum absolute atomic E-state index is 3.57. The van der Waals surface area contributed by atoms with Crippen LogP contribution in [0.3, 0.4) is 0 Å². The van der Waals surface area contributed by atoms with E-state index in [0.29, 0.717) is 0 Å². The summed E-state index contributed by atoms with van der Waals surface area (Å²) in [7, 11) is 0. The van der Waals surface area contributed by atoms with E-state index < -0.39 is 0 Å². The van der Waals surface area contributed by atoms with E-state index in [0.717, 1.165) is 28.4 Å². The largest absolute Gasteiger partial charge is 0.355 e. The highest BCUT2D eigenvalue weighted by molar-refractivity contribution is 5.95. The van der Waals surface area contributed by atoms with Crippen LogP contribution >= 0.6 is 0 Å². The van der Waals surface area contributed by atoms with Crippen LogP contribution in [0.25, 0.3) is 10.8 Å². The molecule has 1 N–H and O–H groups in total. The van der Waals surface area contributed by atoms with Gasteiger partial charge in [-0.25, -0.2) is 0 Å². The lowest BCUT2D eigenvalue weighted by atomic mass is 10.1. The van der Waals surface area contributed by atoms with Crippen LogP contribution in [0.4, 0.5) is 28.4 Å². The third-order valence-electron chi connectivity index (χ3n) is 5.22. The van der Waals surface area contributed by atoms with Gasteiger partial charge in [-0.15, -0.1) is 0 Å². The molecule has 0 unspecified atom stereocenters. The SMILES string of the molecule is c1ccc(N(c2ccccc2)c2ccc(Nc3cccc4ccccc34)cc2)cc1. The maximum Gasteiger partial charge on any atom is 0.0463 e. The molecule has 2 nitrogen and oxygen atoms in total. The summed E-state index contributed by atoms with van der Waals surface area (Å²) >= 11 is 0. The molecule has 0 radical (unpaired) electrons. The van der Waals surface area contributed by atoms with Crippen LogP contribution in [-0.2, 0) is 0 Å². The van der Waals surface area contributed by atoms with E-state index in [2.05, 4.69) is 125 Å². The Kier molecular flexibility index (Phi) is 4.89. The Bertz CT molecular complexity index is 1200. The number of fused-ring (bicyclic) bond motifs is 1. The molecule has 144 valence electrons. The zero-order chi connectivity index (χ0) is 20.2. The fourth-order valence-corrected chi connectivity index (χ4v) is 3.79. The monoisotopic (exact) mass is 386 g/mol. The first kappa shape index (κ1) is 18.0. The Morgan fingerprint density at radius 3 is 1.63 bits per heavy atom. The van der Waals surface area contributed by atoms with E-state index in [1.54, 1.807) is 0 Å². The summed E-state index contributed by atoms with van der Waals surface area (Å²) in [6.07, 6.45) is 0. The van der Waals surface area contributed by atoms with E-state index in [1.807, 2.05) is 12.1 Å². The van der Waals surface area contributed by atoms with E-state index >= 15 is 0 Å². The molecule has 5 aromatic rings. The van der Waals surface area contributed by atoms with E-state index in [-0.39, 0.29) is 0 Å². The van der Waals surface area contributed by atoms with Crippen molar-refractivity contribution in [3.8, 4) is 0 Å². The summed E-state index contributed by atoms with van der Waals surface area (Å²) in [5.41, 5.74) is 5.58. The summed E-state index contributed by atoms with van der Waals surface area (Å²) in [6.45, 7) is 0. The number of nitrogens with zero attached hydrogens (tertiary/aromatic N) is 1. The van der Waals surface area contributed by atoms with Crippen molar-refractivity contribution >= 4 is 39.2 Å². The van der Waals surface area contributed by atoms with Crippen molar-refractivity contribution in [3.63, 3.8) is 0 Å². The maximum atomic E-state index is 3.57. The van der Waals surface area contributed by atoms with Crippen molar-refractivity contribution < 1.29 is 0 Å². The van der Waals surface area contributed by atoms with Gasteiger partial charge in [-0.3, -0.25) is 0 Å². The van der Waals surface area contributed by atoms with Crippen molar-refractivity contribution in [2.24, 2.45) is 0 Å². The average molecular weight is 386 g/mol. The van der Waals surface area contributed by atoms with Gasteiger partial charge >= 0.3 is 0 Å². The molecule has 0 saturated carbocycles. The lowest BCUT2D eigenvalue weighted by Gasteiger charge is -2.25. The Morgan fingerprint density at radius 2 is 0.967 bits per heavy atom. The smallest absolute Gasteiger partial charge is 0.0463 e. The number of hydrogen-bond acceptors (Lipinski definition) is 2. The number of para-hydroxylation sites is 2. The van der Waals surface area contributed by atoms with Gasteiger partial charge in [-0.2, -0.15) is 0 Å². The molecule has 0 atom stereocenters. The van der Waals surface area contributed by atoms with Crippen molar-refractivity contribution in [2.45, 2.75) is 0 Å². The second-order valence-electron chi connectivity index (χ2n) is 7.21. The summed E-state index contributed by atoms with van der Waals surface area (Å²) in [5.74, 6) is 0. The standard InChI is InChI=1S/C28H22N2/c1-3-12-24(13-4-1)30(25-14-5-2-6-15-25)26-20-18-23(19-21-26)29-28-17-9-11-22-10-7-8-16-27(22)28/h1-21,29H. The van der Waals surface area contributed by atoms with Gasteiger partial charge < -0.3 is 10.2 Å². The van der Waals surface area contributed by atoms with Gasteiger partial charge in [0.25, 0.3) is 0 Å². The topological polar surface area (TPSA) is 15.3 Å². The first-order chi connectivity index (χ1) is 14.9. The van der Waals surface area contributed by atoms with Crippen molar-refractivity contribution in [1.82, 2.24) is 0 Å². The molecular formula is C28H22N2. The predicted molar refractivity (Wildman–Crippen MR) is 128 cm³/mol. The highest BCUT2D eigenvalue weighted by atomic mass is 15.1. The minimum Gasteiger partial charge on any atom is -0.355 e. The zero-order valence-electron chi connectivity index (χ0n) is 16.6. The summed E-state index contributed by atoms with van der Waals surface area (Å²) in [5, 5.41) is 6.03. The third kappa shape index (κ3) is 3.63. The van der Waals surface area contributed by atoms with Gasteiger partial charge in [0.2, 0.25) is 0 Å². The highest BCUT2D eigenvalue weighted by Crippen LogP contribution is 2.35. The fraction of sp³-hybridized carbons (Fsp3) is 0. The van der Waals surface area contributed by atoms with Crippen LogP contribution in [0, 0.1) is 0 Å². The summed E-state index contributed by atoms with van der Waals surface area (Å²) in [6, 6.07) is 44.3. The number of nitrogens with one attached hydrogen (secondary N) is 1. The first-order valence-corrected chi connectivity index (χ1v) is 10.1. The molecule has 0 saturated heterocycles. The molecule has 0 aliphatic rings. The quantitative estimate of drug-likeness (QED) is 0.329. The van der Waals surface area contributed by atoms with Crippen LogP contribution in [-0.4, -0.2) is 0 Å². The van der Waals surface area contributed by atoms with Gasteiger partial charge in [0, 0.05) is 33.8 Å². The molecule has 5 rings (SSSR count). The molecule has 0 bridgehead atoms. The predicted octanol–water partition coefficient (Wildman–Crippen LogP) is 8.05. The minimum absolute atomic E-state index is 1.07. The van der Waals surface area contributed by atoms with Gasteiger partial charge in [-0.05, 0) is 60.0 Å². The molecule has 0 aromatic heterocycles. The molecule has 0 aliphatic heterocycles. The summed E-state index contributed by atoms with van der Waals surface area (Å²) < 4.78 is 0. The zero-order valence-corrected chi connectivity index (χ0v) is 16.6. The molecule has 0 amide bonds.